The van der Waals surface area contributed by atoms with E-state index < -0.39 is 0 Å². The summed E-state index contributed by atoms with van der Waals surface area (Å²) < 4.78 is 5.79. The van der Waals surface area contributed by atoms with Gasteiger partial charge in [-0.05, 0) is 42.0 Å². The molecule has 5 heteroatoms. The lowest BCUT2D eigenvalue weighted by molar-refractivity contribution is 0.476. The summed E-state index contributed by atoms with van der Waals surface area (Å²) in [4.78, 5) is 4.33. The number of benzene rings is 3. The molecule has 0 bridgehead atoms. The van der Waals surface area contributed by atoms with E-state index in [-0.39, 0.29) is 15.8 Å². The summed E-state index contributed by atoms with van der Waals surface area (Å²) in [5, 5.41) is 9.89. The molecule has 0 fully saturated rings. The lowest BCUT2D eigenvalue weighted by Gasteiger charge is -2.06. The Morgan fingerprint density at radius 2 is 1.50 bits per heavy atom. The Hall–Kier alpha value is -2.49. The fourth-order valence-corrected chi connectivity index (χ4v) is 2.53. The van der Waals surface area contributed by atoms with E-state index in [0.29, 0.717) is 11.4 Å². The molecule has 3 nitrogen and oxygen atoms in total. The maximum absolute atomic E-state index is 9.56. The molecule has 0 radical (unpaired) electrons. The molecular formula is C19H13Cl2NO2. The highest BCUT2D eigenvalue weighted by Gasteiger charge is 2.05. The molecule has 0 aliphatic heterocycles. The Morgan fingerprint density at radius 1 is 0.833 bits per heavy atom. The third kappa shape index (κ3) is 4.07. The summed E-state index contributed by atoms with van der Waals surface area (Å²) in [6, 6.07) is 20.2. The van der Waals surface area contributed by atoms with Gasteiger partial charge in [-0.15, -0.1) is 0 Å². The summed E-state index contributed by atoms with van der Waals surface area (Å²) in [5.41, 5.74) is 1.42. The first kappa shape index (κ1) is 16.4. The van der Waals surface area contributed by atoms with E-state index in [1.165, 1.54) is 0 Å². The van der Waals surface area contributed by atoms with Crippen LogP contribution in [0.4, 0.5) is 5.69 Å². The largest absolute Gasteiger partial charge is 0.505 e. The number of phenols is 1. The van der Waals surface area contributed by atoms with Crippen molar-refractivity contribution in [3.8, 4) is 17.2 Å². The summed E-state index contributed by atoms with van der Waals surface area (Å²) in [6.45, 7) is 0. The third-order valence-corrected chi connectivity index (χ3v) is 3.78. The number of ether oxygens (including phenoxy) is 1. The van der Waals surface area contributed by atoms with Crippen molar-refractivity contribution in [2.24, 2.45) is 4.99 Å². The molecule has 0 aromatic heterocycles. The van der Waals surface area contributed by atoms with Gasteiger partial charge in [0, 0.05) is 6.21 Å². The second-order valence-electron chi connectivity index (χ2n) is 5.00. The SMILES string of the molecule is Oc1c(Cl)cc(N=Cc2cccc(Oc3ccccc3)c2)cc1Cl. The number of phenolic OH excluding ortho intramolecular Hbond substituents is 1. The Kier molecular flexibility index (Phi) is 5.04. The molecule has 0 unspecified atom stereocenters. The van der Waals surface area contributed by atoms with Crippen molar-refractivity contribution in [1.82, 2.24) is 0 Å². The number of rotatable bonds is 4. The number of para-hydroxylation sites is 1. The lowest BCUT2D eigenvalue weighted by atomic mass is 10.2. The maximum Gasteiger partial charge on any atom is 0.152 e. The van der Waals surface area contributed by atoms with E-state index in [4.69, 9.17) is 27.9 Å². The molecule has 120 valence electrons. The predicted molar refractivity (Wildman–Crippen MR) is 98.3 cm³/mol. The van der Waals surface area contributed by atoms with Gasteiger partial charge in [-0.1, -0.05) is 53.5 Å². The number of halogens is 2. The van der Waals surface area contributed by atoms with Crippen LogP contribution in [-0.4, -0.2) is 11.3 Å². The summed E-state index contributed by atoms with van der Waals surface area (Å²) in [6.07, 6.45) is 1.68. The molecular weight excluding hydrogens is 345 g/mol. The zero-order valence-electron chi connectivity index (χ0n) is 12.5. The van der Waals surface area contributed by atoms with Crippen molar-refractivity contribution < 1.29 is 9.84 Å². The first-order valence-electron chi connectivity index (χ1n) is 7.17. The number of hydrogen-bond donors (Lipinski definition) is 1. The molecule has 3 rings (SSSR count). The molecule has 0 spiro atoms. The van der Waals surface area contributed by atoms with Crippen LogP contribution >= 0.6 is 23.2 Å². The van der Waals surface area contributed by atoms with Crippen molar-refractivity contribution >= 4 is 35.1 Å². The lowest BCUT2D eigenvalue weighted by Crippen LogP contribution is -1.86. The van der Waals surface area contributed by atoms with E-state index in [1.54, 1.807) is 18.3 Å². The third-order valence-electron chi connectivity index (χ3n) is 3.20. The second kappa shape index (κ2) is 7.39. The molecule has 1 N–H and O–H groups in total. The molecule has 0 aliphatic rings. The van der Waals surface area contributed by atoms with Crippen LogP contribution in [0.3, 0.4) is 0 Å². The van der Waals surface area contributed by atoms with E-state index in [2.05, 4.69) is 4.99 Å². The molecule has 0 atom stereocenters. The van der Waals surface area contributed by atoms with Gasteiger partial charge in [-0.2, -0.15) is 0 Å². The van der Waals surface area contributed by atoms with Crippen molar-refractivity contribution in [2.45, 2.75) is 0 Å². The fourth-order valence-electron chi connectivity index (χ4n) is 2.06. The van der Waals surface area contributed by atoms with Gasteiger partial charge in [0.25, 0.3) is 0 Å². The van der Waals surface area contributed by atoms with Gasteiger partial charge in [0.15, 0.2) is 5.75 Å². The summed E-state index contributed by atoms with van der Waals surface area (Å²) in [7, 11) is 0. The van der Waals surface area contributed by atoms with E-state index in [1.807, 2.05) is 54.6 Å². The van der Waals surface area contributed by atoms with Crippen LogP contribution in [0.25, 0.3) is 0 Å². The minimum absolute atomic E-state index is 0.143. The Bertz CT molecular complexity index is 857. The Labute approximate surface area is 149 Å². The molecule has 0 saturated carbocycles. The molecule has 3 aromatic carbocycles. The first-order chi connectivity index (χ1) is 11.6. The fraction of sp³-hybridized carbons (Fsp3) is 0. The van der Waals surface area contributed by atoms with Gasteiger partial charge in [-0.25, -0.2) is 0 Å². The van der Waals surface area contributed by atoms with Gasteiger partial charge in [0.1, 0.15) is 11.5 Å². The van der Waals surface area contributed by atoms with Gasteiger partial charge < -0.3 is 9.84 Å². The summed E-state index contributed by atoms with van der Waals surface area (Å²) in [5.74, 6) is 1.34. The average Bonchev–Trinajstić information content (AvgIpc) is 2.59. The van der Waals surface area contributed by atoms with E-state index >= 15 is 0 Å². The molecule has 0 heterocycles. The quantitative estimate of drug-likeness (QED) is 0.561. The van der Waals surface area contributed by atoms with Gasteiger partial charge in [0.2, 0.25) is 0 Å². The van der Waals surface area contributed by atoms with Crippen LogP contribution in [0.5, 0.6) is 17.2 Å². The van der Waals surface area contributed by atoms with E-state index in [0.717, 1.165) is 11.3 Å². The minimum Gasteiger partial charge on any atom is -0.505 e. The van der Waals surface area contributed by atoms with Gasteiger partial charge >= 0.3 is 0 Å². The average molecular weight is 358 g/mol. The van der Waals surface area contributed by atoms with Crippen molar-refractivity contribution in [3.05, 3.63) is 82.3 Å². The smallest absolute Gasteiger partial charge is 0.152 e. The number of aromatic hydroxyl groups is 1. The minimum atomic E-state index is -0.143. The maximum atomic E-state index is 9.56. The number of aliphatic imine (C=N–C) groups is 1. The normalized spacial score (nSPS) is 10.9. The molecule has 0 aliphatic carbocycles. The standard InChI is InChI=1S/C19H13Cl2NO2/c20-17-10-14(11-18(21)19(17)23)22-12-13-5-4-8-16(9-13)24-15-6-2-1-3-7-15/h1-12,23H. The summed E-state index contributed by atoms with van der Waals surface area (Å²) >= 11 is 11.8. The second-order valence-corrected chi connectivity index (χ2v) is 5.82. The van der Waals surface area contributed by atoms with Crippen molar-refractivity contribution in [1.29, 1.82) is 0 Å². The van der Waals surface area contributed by atoms with Gasteiger partial charge in [-0.3, -0.25) is 4.99 Å². The van der Waals surface area contributed by atoms with Crippen LogP contribution in [0.1, 0.15) is 5.56 Å². The Morgan fingerprint density at radius 3 is 2.21 bits per heavy atom. The molecule has 24 heavy (non-hydrogen) atoms. The van der Waals surface area contributed by atoms with Crippen molar-refractivity contribution in [3.63, 3.8) is 0 Å². The van der Waals surface area contributed by atoms with Gasteiger partial charge in [0.05, 0.1) is 15.7 Å². The Balaban J connectivity index is 1.79. The zero-order chi connectivity index (χ0) is 16.9. The molecule has 3 aromatic rings. The van der Waals surface area contributed by atoms with Crippen LogP contribution in [-0.2, 0) is 0 Å². The number of nitrogens with zero attached hydrogens (tertiary/aromatic N) is 1. The topological polar surface area (TPSA) is 41.8 Å². The zero-order valence-corrected chi connectivity index (χ0v) is 14.0. The van der Waals surface area contributed by atoms with Crippen LogP contribution in [0.2, 0.25) is 10.0 Å². The van der Waals surface area contributed by atoms with Crippen LogP contribution in [0.15, 0.2) is 71.7 Å². The van der Waals surface area contributed by atoms with Crippen LogP contribution in [0, 0.1) is 0 Å². The van der Waals surface area contributed by atoms with E-state index in [9.17, 15) is 5.11 Å². The highest BCUT2D eigenvalue weighted by atomic mass is 35.5. The first-order valence-corrected chi connectivity index (χ1v) is 7.92. The molecule has 0 saturated heterocycles. The monoisotopic (exact) mass is 357 g/mol. The molecule has 0 amide bonds. The van der Waals surface area contributed by atoms with Crippen LogP contribution < -0.4 is 4.74 Å². The predicted octanol–water partition coefficient (Wildman–Crippen LogP) is 6.24. The number of hydrogen-bond acceptors (Lipinski definition) is 3. The highest BCUT2D eigenvalue weighted by molar-refractivity contribution is 6.37. The highest BCUT2D eigenvalue weighted by Crippen LogP contribution is 2.35. The van der Waals surface area contributed by atoms with Crippen molar-refractivity contribution in [2.75, 3.05) is 0 Å².